The van der Waals surface area contributed by atoms with Crippen molar-refractivity contribution < 1.29 is 13.5 Å². The minimum Gasteiger partial charge on any atom is -0.396 e. The molecule has 0 bridgehead atoms. The van der Waals surface area contributed by atoms with Crippen molar-refractivity contribution in [2.24, 2.45) is 5.92 Å². The standard InChI is InChI=1S/C5H10ClNO3S/c6-4-11(9,10)7-1-5(2-7)3-8/h5,8H,1-4H2. The zero-order chi connectivity index (χ0) is 8.48. The van der Waals surface area contributed by atoms with Gasteiger partial charge >= 0.3 is 0 Å². The minimum atomic E-state index is -3.22. The van der Waals surface area contributed by atoms with Gasteiger partial charge in [-0.3, -0.25) is 0 Å². The molecule has 6 heteroatoms. The molecule has 1 heterocycles. The number of sulfonamides is 1. The Morgan fingerprint density at radius 2 is 2.09 bits per heavy atom. The molecule has 0 amide bonds. The SMILES string of the molecule is O=S(=O)(CCl)N1CC(CO)C1. The van der Waals surface area contributed by atoms with Gasteiger partial charge in [0.2, 0.25) is 10.0 Å². The van der Waals surface area contributed by atoms with Crippen LogP contribution in [0.1, 0.15) is 0 Å². The van der Waals surface area contributed by atoms with Gasteiger partial charge in [-0.1, -0.05) is 0 Å². The molecule has 4 nitrogen and oxygen atoms in total. The van der Waals surface area contributed by atoms with E-state index in [2.05, 4.69) is 0 Å². The molecule has 1 N–H and O–H groups in total. The van der Waals surface area contributed by atoms with Crippen molar-refractivity contribution in [3.63, 3.8) is 0 Å². The summed E-state index contributed by atoms with van der Waals surface area (Å²) in [5.41, 5.74) is 0. The van der Waals surface area contributed by atoms with Crippen LogP contribution in [0.4, 0.5) is 0 Å². The second kappa shape index (κ2) is 3.26. The van der Waals surface area contributed by atoms with Gasteiger partial charge in [-0.05, 0) is 0 Å². The maximum atomic E-state index is 11.0. The van der Waals surface area contributed by atoms with Crippen LogP contribution in [0, 0.1) is 5.92 Å². The van der Waals surface area contributed by atoms with Crippen LogP contribution in [0.15, 0.2) is 0 Å². The molecule has 1 saturated heterocycles. The Bertz CT molecular complexity index is 222. The summed E-state index contributed by atoms with van der Waals surface area (Å²) in [4.78, 5) is 0. The van der Waals surface area contributed by atoms with Crippen molar-refractivity contribution in [2.75, 3.05) is 24.9 Å². The van der Waals surface area contributed by atoms with Crippen LogP contribution in [0.5, 0.6) is 0 Å². The smallest absolute Gasteiger partial charge is 0.228 e. The lowest BCUT2D eigenvalue weighted by molar-refractivity contribution is 0.117. The Morgan fingerprint density at radius 1 is 1.55 bits per heavy atom. The highest BCUT2D eigenvalue weighted by molar-refractivity contribution is 7.90. The van der Waals surface area contributed by atoms with Crippen LogP contribution in [0.3, 0.4) is 0 Å². The van der Waals surface area contributed by atoms with E-state index in [1.807, 2.05) is 0 Å². The first-order chi connectivity index (χ1) is 5.10. The topological polar surface area (TPSA) is 57.6 Å². The van der Waals surface area contributed by atoms with E-state index in [4.69, 9.17) is 16.7 Å². The van der Waals surface area contributed by atoms with Crippen LogP contribution < -0.4 is 0 Å². The molecule has 0 aliphatic carbocycles. The third kappa shape index (κ3) is 1.84. The Hall–Kier alpha value is 0.160. The highest BCUT2D eigenvalue weighted by Gasteiger charge is 2.34. The van der Waals surface area contributed by atoms with Crippen molar-refractivity contribution in [3.05, 3.63) is 0 Å². The maximum absolute atomic E-state index is 11.0. The number of alkyl halides is 1. The zero-order valence-electron chi connectivity index (χ0n) is 5.90. The number of hydrogen-bond donors (Lipinski definition) is 1. The number of halogens is 1. The van der Waals surface area contributed by atoms with E-state index in [9.17, 15) is 8.42 Å². The van der Waals surface area contributed by atoms with E-state index in [0.29, 0.717) is 13.1 Å². The van der Waals surface area contributed by atoms with Gasteiger partial charge in [-0.25, -0.2) is 12.7 Å². The molecule has 0 aromatic rings. The fraction of sp³-hybridized carbons (Fsp3) is 1.00. The van der Waals surface area contributed by atoms with Gasteiger partial charge in [-0.2, -0.15) is 0 Å². The predicted molar refractivity (Wildman–Crippen MR) is 41.8 cm³/mol. The van der Waals surface area contributed by atoms with Crippen molar-refractivity contribution in [1.29, 1.82) is 0 Å². The normalized spacial score (nSPS) is 21.6. The van der Waals surface area contributed by atoms with E-state index in [1.54, 1.807) is 0 Å². The summed E-state index contributed by atoms with van der Waals surface area (Å²) in [5, 5.41) is 8.22. The number of nitrogens with zero attached hydrogens (tertiary/aromatic N) is 1. The molecule has 1 fully saturated rings. The van der Waals surface area contributed by atoms with Gasteiger partial charge in [-0.15, -0.1) is 11.6 Å². The van der Waals surface area contributed by atoms with Crippen molar-refractivity contribution in [2.45, 2.75) is 0 Å². The molecule has 0 radical (unpaired) electrons. The lowest BCUT2D eigenvalue weighted by Crippen LogP contribution is -2.51. The fourth-order valence-electron chi connectivity index (χ4n) is 0.934. The van der Waals surface area contributed by atoms with E-state index in [1.165, 1.54) is 4.31 Å². The van der Waals surface area contributed by atoms with Crippen LogP contribution in [0.2, 0.25) is 0 Å². The molecule has 0 unspecified atom stereocenters. The van der Waals surface area contributed by atoms with E-state index < -0.39 is 10.0 Å². The Balaban J connectivity index is 2.44. The summed E-state index contributed by atoms with van der Waals surface area (Å²) in [5.74, 6) is 0.105. The van der Waals surface area contributed by atoms with Gasteiger partial charge in [0.25, 0.3) is 0 Å². The van der Waals surface area contributed by atoms with Gasteiger partial charge in [0.1, 0.15) is 5.21 Å². The molecule has 1 rings (SSSR count). The lowest BCUT2D eigenvalue weighted by Gasteiger charge is -2.36. The van der Waals surface area contributed by atoms with Gasteiger partial charge in [0, 0.05) is 25.6 Å². The summed E-state index contributed by atoms with van der Waals surface area (Å²) in [6, 6.07) is 0. The summed E-state index contributed by atoms with van der Waals surface area (Å²) in [6.45, 7) is 0.866. The monoisotopic (exact) mass is 199 g/mol. The average Bonchev–Trinajstić information content (AvgIpc) is 1.85. The molecule has 0 atom stereocenters. The molecule has 0 saturated carbocycles. The Morgan fingerprint density at radius 3 is 2.45 bits per heavy atom. The lowest BCUT2D eigenvalue weighted by atomic mass is 10.1. The second-order valence-electron chi connectivity index (χ2n) is 2.59. The molecular weight excluding hydrogens is 190 g/mol. The molecule has 1 aliphatic rings. The predicted octanol–water partition coefficient (Wildman–Crippen LogP) is -0.563. The summed E-state index contributed by atoms with van der Waals surface area (Å²) in [6.07, 6.45) is 0. The van der Waals surface area contributed by atoms with Crippen LogP contribution >= 0.6 is 11.6 Å². The molecule has 0 aromatic carbocycles. The van der Waals surface area contributed by atoms with Gasteiger partial charge in [0.15, 0.2) is 0 Å². The highest BCUT2D eigenvalue weighted by atomic mass is 35.5. The summed E-state index contributed by atoms with van der Waals surface area (Å²) < 4.78 is 23.2. The van der Waals surface area contributed by atoms with Crippen molar-refractivity contribution in [1.82, 2.24) is 4.31 Å². The molecule has 11 heavy (non-hydrogen) atoms. The van der Waals surface area contributed by atoms with E-state index in [-0.39, 0.29) is 17.7 Å². The first-order valence-electron chi connectivity index (χ1n) is 3.25. The third-order valence-electron chi connectivity index (χ3n) is 1.71. The minimum absolute atomic E-state index is 0.0499. The first kappa shape index (κ1) is 9.25. The zero-order valence-corrected chi connectivity index (χ0v) is 7.48. The second-order valence-corrected chi connectivity index (χ2v) is 5.14. The number of hydrogen-bond acceptors (Lipinski definition) is 3. The van der Waals surface area contributed by atoms with Crippen LogP contribution in [-0.4, -0.2) is 42.7 Å². The third-order valence-corrected chi connectivity index (χ3v) is 3.90. The molecule has 1 aliphatic heterocycles. The Kier molecular flexibility index (Phi) is 2.74. The summed E-state index contributed by atoms with van der Waals surface area (Å²) >= 11 is 5.20. The van der Waals surface area contributed by atoms with E-state index in [0.717, 1.165) is 0 Å². The number of aliphatic hydroxyl groups excluding tert-OH is 1. The van der Waals surface area contributed by atoms with Gasteiger partial charge < -0.3 is 5.11 Å². The van der Waals surface area contributed by atoms with Crippen molar-refractivity contribution >= 4 is 21.6 Å². The van der Waals surface area contributed by atoms with Crippen LogP contribution in [-0.2, 0) is 10.0 Å². The highest BCUT2D eigenvalue weighted by Crippen LogP contribution is 2.19. The average molecular weight is 200 g/mol. The number of rotatable bonds is 3. The van der Waals surface area contributed by atoms with Crippen molar-refractivity contribution in [3.8, 4) is 0 Å². The maximum Gasteiger partial charge on any atom is 0.228 e. The van der Waals surface area contributed by atoms with E-state index >= 15 is 0 Å². The summed E-state index contributed by atoms with van der Waals surface area (Å²) in [7, 11) is -3.22. The first-order valence-corrected chi connectivity index (χ1v) is 5.39. The number of aliphatic hydroxyl groups is 1. The Labute approximate surface area is 70.8 Å². The van der Waals surface area contributed by atoms with Gasteiger partial charge in [0.05, 0.1) is 0 Å². The molecule has 66 valence electrons. The quantitative estimate of drug-likeness (QED) is 0.620. The largest absolute Gasteiger partial charge is 0.396 e. The van der Waals surface area contributed by atoms with Crippen LogP contribution in [0.25, 0.3) is 0 Å². The molecule has 0 spiro atoms. The molecular formula is C5H10ClNO3S. The molecule has 0 aromatic heterocycles. The fourth-order valence-corrected chi connectivity index (χ4v) is 2.36.